The van der Waals surface area contributed by atoms with Gasteiger partial charge in [-0.25, -0.2) is 8.42 Å². The van der Waals surface area contributed by atoms with Gasteiger partial charge in [0.15, 0.2) is 9.84 Å². The van der Waals surface area contributed by atoms with Gasteiger partial charge in [0.2, 0.25) is 0 Å². The van der Waals surface area contributed by atoms with E-state index in [9.17, 15) is 13.2 Å². The largest absolute Gasteiger partial charge is 0.299 e. The Kier molecular flexibility index (Phi) is 2.41. The molecule has 1 heterocycles. The van der Waals surface area contributed by atoms with Crippen molar-refractivity contribution < 1.29 is 13.2 Å². The molecule has 1 saturated carbocycles. The zero-order valence-electron chi connectivity index (χ0n) is 8.40. The molecule has 0 spiro atoms. The number of rotatable bonds is 0. The Hall–Kier alpha value is -0.380. The molecule has 14 heavy (non-hydrogen) atoms. The van der Waals surface area contributed by atoms with E-state index in [1.54, 1.807) is 6.92 Å². The summed E-state index contributed by atoms with van der Waals surface area (Å²) in [6.07, 6.45) is 3.69. The van der Waals surface area contributed by atoms with Crippen LogP contribution in [0.3, 0.4) is 0 Å². The van der Waals surface area contributed by atoms with Crippen LogP contribution in [0.2, 0.25) is 0 Å². The van der Waals surface area contributed by atoms with Crippen LogP contribution in [0.25, 0.3) is 0 Å². The number of Topliss-reactive ketones (excluding diaryl/α,β-unsaturated/α-hetero) is 1. The van der Waals surface area contributed by atoms with Crippen LogP contribution in [0.1, 0.15) is 39.0 Å². The summed E-state index contributed by atoms with van der Waals surface area (Å²) in [6.45, 7) is 1.66. The van der Waals surface area contributed by atoms with Gasteiger partial charge in [-0.05, 0) is 19.8 Å². The highest BCUT2D eigenvalue weighted by Crippen LogP contribution is 2.37. The number of hydrogen-bond acceptors (Lipinski definition) is 3. The van der Waals surface area contributed by atoms with Crippen LogP contribution in [-0.4, -0.2) is 24.7 Å². The smallest absolute Gasteiger partial charge is 0.156 e. The lowest BCUT2D eigenvalue weighted by atomic mass is 9.84. The topological polar surface area (TPSA) is 51.2 Å². The van der Waals surface area contributed by atoms with Crippen LogP contribution in [0.15, 0.2) is 0 Å². The average Bonchev–Trinajstić information content (AvgIpc) is 2.16. The van der Waals surface area contributed by atoms with Gasteiger partial charge in [0.25, 0.3) is 0 Å². The fraction of sp³-hybridized carbons (Fsp3) is 0.900. The van der Waals surface area contributed by atoms with Gasteiger partial charge in [-0.15, -0.1) is 0 Å². The third-order valence-corrected chi connectivity index (χ3v) is 6.28. The van der Waals surface area contributed by atoms with Crippen molar-refractivity contribution in [2.24, 2.45) is 5.92 Å². The predicted octanol–water partition coefficient (Wildman–Crippen LogP) is 1.32. The summed E-state index contributed by atoms with van der Waals surface area (Å²) in [5.41, 5.74) is 0. The molecule has 4 heteroatoms. The standard InChI is InChI=1S/C10H16O3S/c1-7-6-9(11)8-4-2-3-5-10(8)14(7,12)13/h7-8,10H,2-6H2,1H3/t7-,8+,10-/m1/s1. The lowest BCUT2D eigenvalue weighted by Crippen LogP contribution is -2.47. The maximum Gasteiger partial charge on any atom is 0.156 e. The molecule has 2 aliphatic rings. The SMILES string of the molecule is C[C@@H]1CC(=O)[C@@H]2CCCC[C@H]2S1(=O)=O. The first-order valence-electron chi connectivity index (χ1n) is 5.29. The molecule has 0 aromatic carbocycles. The summed E-state index contributed by atoms with van der Waals surface area (Å²) in [5.74, 6) is 0.00183. The molecule has 3 nitrogen and oxygen atoms in total. The van der Waals surface area contributed by atoms with Crippen molar-refractivity contribution in [2.45, 2.75) is 49.5 Å². The number of carbonyl (C=O) groups excluding carboxylic acids is 1. The van der Waals surface area contributed by atoms with E-state index in [4.69, 9.17) is 0 Å². The fourth-order valence-corrected chi connectivity index (χ4v) is 4.94. The van der Waals surface area contributed by atoms with Crippen LogP contribution in [-0.2, 0) is 14.6 Å². The lowest BCUT2D eigenvalue weighted by molar-refractivity contribution is -0.124. The number of sulfone groups is 1. The molecule has 2 fully saturated rings. The molecule has 0 bridgehead atoms. The normalized spacial score (nSPS) is 41.8. The molecule has 2 rings (SSSR count). The van der Waals surface area contributed by atoms with Crippen molar-refractivity contribution in [3.63, 3.8) is 0 Å². The van der Waals surface area contributed by atoms with E-state index in [1.807, 2.05) is 0 Å². The zero-order valence-corrected chi connectivity index (χ0v) is 9.22. The quantitative estimate of drug-likeness (QED) is 0.613. The predicted molar refractivity (Wildman–Crippen MR) is 53.8 cm³/mol. The van der Waals surface area contributed by atoms with E-state index >= 15 is 0 Å². The summed E-state index contributed by atoms with van der Waals surface area (Å²) < 4.78 is 23.9. The van der Waals surface area contributed by atoms with E-state index in [0.29, 0.717) is 6.42 Å². The van der Waals surface area contributed by atoms with Crippen LogP contribution < -0.4 is 0 Å². The number of ketones is 1. The second-order valence-corrected chi connectivity index (χ2v) is 7.09. The Balaban J connectivity index is 2.35. The van der Waals surface area contributed by atoms with Gasteiger partial charge in [0.1, 0.15) is 5.78 Å². The molecule has 0 amide bonds. The van der Waals surface area contributed by atoms with Crippen molar-refractivity contribution >= 4 is 15.6 Å². The monoisotopic (exact) mass is 216 g/mol. The zero-order chi connectivity index (χ0) is 10.3. The van der Waals surface area contributed by atoms with Gasteiger partial charge in [-0.3, -0.25) is 4.79 Å². The first-order valence-corrected chi connectivity index (χ1v) is 6.90. The van der Waals surface area contributed by atoms with E-state index in [0.717, 1.165) is 19.3 Å². The molecular weight excluding hydrogens is 200 g/mol. The molecule has 0 aromatic heterocycles. The van der Waals surface area contributed by atoms with Gasteiger partial charge in [0.05, 0.1) is 10.5 Å². The second-order valence-electron chi connectivity index (χ2n) is 4.50. The third-order valence-electron chi connectivity index (χ3n) is 3.59. The lowest BCUT2D eigenvalue weighted by Gasteiger charge is -2.36. The van der Waals surface area contributed by atoms with E-state index in [1.165, 1.54) is 0 Å². The van der Waals surface area contributed by atoms with Crippen molar-refractivity contribution in [2.75, 3.05) is 0 Å². The number of fused-ring (bicyclic) bond motifs is 1. The van der Waals surface area contributed by atoms with E-state index < -0.39 is 15.1 Å². The minimum atomic E-state index is -3.02. The van der Waals surface area contributed by atoms with Crippen LogP contribution in [0.4, 0.5) is 0 Å². The molecule has 0 N–H and O–H groups in total. The van der Waals surface area contributed by atoms with E-state index in [-0.39, 0.29) is 23.4 Å². The summed E-state index contributed by atoms with van der Waals surface area (Å²) in [5, 5.41) is -0.804. The Labute approximate surface area is 84.8 Å². The maximum absolute atomic E-state index is 11.9. The van der Waals surface area contributed by atoms with Crippen LogP contribution >= 0.6 is 0 Å². The molecule has 1 aliphatic carbocycles. The first-order chi connectivity index (χ1) is 6.53. The fourth-order valence-electron chi connectivity index (χ4n) is 2.71. The van der Waals surface area contributed by atoms with Gasteiger partial charge in [0, 0.05) is 12.3 Å². The Morgan fingerprint density at radius 3 is 2.57 bits per heavy atom. The van der Waals surface area contributed by atoms with Crippen LogP contribution in [0, 0.1) is 5.92 Å². The highest BCUT2D eigenvalue weighted by molar-refractivity contribution is 7.92. The molecule has 1 saturated heterocycles. The first kappa shape index (κ1) is 10.1. The second kappa shape index (κ2) is 3.33. The number of carbonyl (C=O) groups is 1. The Morgan fingerprint density at radius 1 is 1.21 bits per heavy atom. The molecule has 0 aromatic rings. The minimum absolute atomic E-state index is 0.176. The van der Waals surface area contributed by atoms with Gasteiger partial charge in [-0.2, -0.15) is 0 Å². The summed E-state index contributed by atoms with van der Waals surface area (Å²) in [6, 6.07) is 0. The van der Waals surface area contributed by atoms with Gasteiger partial charge in [-0.1, -0.05) is 12.8 Å². The Bertz CT molecular complexity index is 344. The summed E-state index contributed by atoms with van der Waals surface area (Å²) >= 11 is 0. The molecule has 1 aliphatic heterocycles. The highest BCUT2D eigenvalue weighted by atomic mass is 32.2. The molecule has 0 radical (unpaired) electrons. The minimum Gasteiger partial charge on any atom is -0.299 e. The molecule has 3 atom stereocenters. The van der Waals surface area contributed by atoms with Crippen molar-refractivity contribution in [3.05, 3.63) is 0 Å². The van der Waals surface area contributed by atoms with E-state index in [2.05, 4.69) is 0 Å². The maximum atomic E-state index is 11.9. The Morgan fingerprint density at radius 2 is 1.86 bits per heavy atom. The average molecular weight is 216 g/mol. The van der Waals surface area contributed by atoms with Crippen molar-refractivity contribution in [1.29, 1.82) is 0 Å². The third kappa shape index (κ3) is 1.40. The summed E-state index contributed by atoms with van der Waals surface area (Å²) in [7, 11) is -3.02. The molecular formula is C10H16O3S. The highest BCUT2D eigenvalue weighted by Gasteiger charge is 2.46. The van der Waals surface area contributed by atoms with Crippen molar-refractivity contribution in [3.8, 4) is 0 Å². The van der Waals surface area contributed by atoms with Crippen molar-refractivity contribution in [1.82, 2.24) is 0 Å². The van der Waals surface area contributed by atoms with Crippen LogP contribution in [0.5, 0.6) is 0 Å². The summed E-state index contributed by atoms with van der Waals surface area (Å²) in [4.78, 5) is 11.7. The van der Waals surface area contributed by atoms with Gasteiger partial charge < -0.3 is 0 Å². The number of hydrogen-bond donors (Lipinski definition) is 0. The molecule has 80 valence electrons. The molecule has 0 unspecified atom stereocenters. The van der Waals surface area contributed by atoms with Gasteiger partial charge >= 0.3 is 0 Å².